The Morgan fingerprint density at radius 2 is 1.95 bits per heavy atom. The van der Waals surface area contributed by atoms with E-state index >= 15 is 0 Å². The predicted molar refractivity (Wildman–Crippen MR) is 78.7 cm³/mol. The molecule has 0 radical (unpaired) electrons. The van der Waals surface area contributed by atoms with E-state index in [1.165, 1.54) is 32.1 Å². The van der Waals surface area contributed by atoms with Crippen LogP contribution in [0.25, 0.3) is 0 Å². The third kappa shape index (κ3) is 3.36. The van der Waals surface area contributed by atoms with Crippen molar-refractivity contribution in [1.29, 1.82) is 0 Å². The third-order valence-electron chi connectivity index (χ3n) is 4.74. The van der Waals surface area contributed by atoms with Crippen LogP contribution in [0.3, 0.4) is 0 Å². The van der Waals surface area contributed by atoms with Gasteiger partial charge in [0.25, 0.3) is 0 Å². The molecule has 106 valence electrons. The maximum atomic E-state index is 14.1. The lowest BCUT2D eigenvalue weighted by molar-refractivity contribution is 0.221. The second-order valence-electron chi connectivity index (χ2n) is 5.98. The van der Waals surface area contributed by atoms with Crippen molar-refractivity contribution in [3.05, 3.63) is 35.1 Å². The first kappa shape index (κ1) is 14.5. The average Bonchev–Trinajstić information content (AvgIpc) is 2.44. The highest BCUT2D eigenvalue weighted by atomic mass is 19.1. The highest BCUT2D eigenvalue weighted by Gasteiger charge is 2.28. The number of hydrogen-bond acceptors (Lipinski definition) is 1. The molecular weight excluding hydrogens is 237 g/mol. The summed E-state index contributed by atoms with van der Waals surface area (Å²) in [6.07, 6.45) is 6.32. The summed E-state index contributed by atoms with van der Waals surface area (Å²) in [6.45, 7) is 4.31. The van der Waals surface area contributed by atoms with Crippen molar-refractivity contribution in [1.82, 2.24) is 5.32 Å². The standard InChI is InChI=1S/C17H26FN/c1-4-13-6-8-14(9-7-13)17(19-3)15-11-12(2)5-10-16(15)18/h5,10-11,13-14,17,19H,4,6-9H2,1-3H3. The monoisotopic (exact) mass is 263 g/mol. The van der Waals surface area contributed by atoms with Gasteiger partial charge >= 0.3 is 0 Å². The van der Waals surface area contributed by atoms with Gasteiger partial charge in [-0.05, 0) is 44.7 Å². The summed E-state index contributed by atoms with van der Waals surface area (Å²) in [6, 6.07) is 5.62. The molecule has 0 bridgehead atoms. The molecule has 0 saturated heterocycles. The molecule has 1 fully saturated rings. The SMILES string of the molecule is CCC1CCC(C(NC)c2cc(C)ccc2F)CC1. The minimum absolute atomic E-state index is 0.0671. The maximum Gasteiger partial charge on any atom is 0.128 e. The van der Waals surface area contributed by atoms with Crippen LogP contribution in [0.4, 0.5) is 4.39 Å². The van der Waals surface area contributed by atoms with E-state index in [2.05, 4.69) is 12.2 Å². The van der Waals surface area contributed by atoms with Crippen LogP contribution < -0.4 is 5.32 Å². The fourth-order valence-corrected chi connectivity index (χ4v) is 3.48. The summed E-state index contributed by atoms with van der Waals surface area (Å²) in [7, 11) is 1.96. The summed E-state index contributed by atoms with van der Waals surface area (Å²) in [5, 5.41) is 3.35. The normalized spacial score (nSPS) is 25.3. The Kier molecular flexibility index (Phi) is 4.98. The van der Waals surface area contributed by atoms with Gasteiger partial charge in [0, 0.05) is 11.6 Å². The summed E-state index contributed by atoms with van der Waals surface area (Å²) >= 11 is 0. The van der Waals surface area contributed by atoms with Crippen LogP contribution in [0.15, 0.2) is 18.2 Å². The summed E-state index contributed by atoms with van der Waals surface area (Å²) in [5.41, 5.74) is 1.99. The molecule has 0 spiro atoms. The van der Waals surface area contributed by atoms with Gasteiger partial charge in [0.05, 0.1) is 0 Å². The molecule has 1 aliphatic carbocycles. The van der Waals surface area contributed by atoms with Crippen molar-refractivity contribution in [2.45, 2.75) is 52.0 Å². The second kappa shape index (κ2) is 6.51. The molecule has 1 unspecified atom stereocenters. The summed E-state index contributed by atoms with van der Waals surface area (Å²) < 4.78 is 14.1. The van der Waals surface area contributed by atoms with Crippen LogP contribution in [0.2, 0.25) is 0 Å². The highest BCUT2D eigenvalue weighted by Crippen LogP contribution is 2.38. The Hall–Kier alpha value is -0.890. The summed E-state index contributed by atoms with van der Waals surface area (Å²) in [4.78, 5) is 0. The Balaban J connectivity index is 2.14. The van der Waals surface area contributed by atoms with E-state index in [0.29, 0.717) is 5.92 Å². The Morgan fingerprint density at radius 3 is 2.53 bits per heavy atom. The van der Waals surface area contributed by atoms with Gasteiger partial charge in [0.2, 0.25) is 0 Å². The minimum atomic E-state index is -0.0671. The summed E-state index contributed by atoms with van der Waals surface area (Å²) in [5.74, 6) is 1.39. The zero-order valence-electron chi connectivity index (χ0n) is 12.4. The van der Waals surface area contributed by atoms with Gasteiger partial charge in [0.15, 0.2) is 0 Å². The van der Waals surface area contributed by atoms with Gasteiger partial charge in [-0.2, -0.15) is 0 Å². The van der Waals surface area contributed by atoms with E-state index < -0.39 is 0 Å². The van der Waals surface area contributed by atoms with E-state index in [-0.39, 0.29) is 11.9 Å². The van der Waals surface area contributed by atoms with E-state index in [4.69, 9.17) is 0 Å². The van der Waals surface area contributed by atoms with Crippen molar-refractivity contribution in [3.63, 3.8) is 0 Å². The predicted octanol–water partition coefficient (Wildman–Crippen LogP) is 4.61. The van der Waals surface area contributed by atoms with Crippen LogP contribution in [0, 0.1) is 24.6 Å². The average molecular weight is 263 g/mol. The number of halogens is 1. The van der Waals surface area contributed by atoms with Gasteiger partial charge < -0.3 is 5.32 Å². The van der Waals surface area contributed by atoms with Gasteiger partial charge in [-0.3, -0.25) is 0 Å². The van der Waals surface area contributed by atoms with Crippen molar-refractivity contribution in [2.24, 2.45) is 11.8 Å². The van der Waals surface area contributed by atoms with Gasteiger partial charge in [-0.15, -0.1) is 0 Å². The minimum Gasteiger partial charge on any atom is -0.313 e. The molecule has 2 rings (SSSR count). The van der Waals surface area contributed by atoms with E-state index in [1.807, 2.05) is 26.1 Å². The highest BCUT2D eigenvalue weighted by molar-refractivity contribution is 5.27. The maximum absolute atomic E-state index is 14.1. The van der Waals surface area contributed by atoms with E-state index in [1.54, 1.807) is 6.07 Å². The zero-order chi connectivity index (χ0) is 13.8. The van der Waals surface area contributed by atoms with E-state index in [9.17, 15) is 4.39 Å². The third-order valence-corrected chi connectivity index (χ3v) is 4.74. The first-order valence-corrected chi connectivity index (χ1v) is 7.59. The molecular formula is C17H26FN. The fraction of sp³-hybridized carbons (Fsp3) is 0.647. The molecule has 1 aromatic rings. The number of rotatable bonds is 4. The lowest BCUT2D eigenvalue weighted by atomic mass is 9.76. The molecule has 0 aliphatic heterocycles. The number of benzene rings is 1. The molecule has 1 aromatic carbocycles. The Labute approximate surface area is 116 Å². The van der Waals surface area contributed by atoms with Crippen LogP contribution in [0.5, 0.6) is 0 Å². The molecule has 2 heteroatoms. The molecule has 0 aromatic heterocycles. The quantitative estimate of drug-likeness (QED) is 0.836. The molecule has 19 heavy (non-hydrogen) atoms. The van der Waals surface area contributed by atoms with Crippen molar-refractivity contribution < 1.29 is 4.39 Å². The molecule has 0 amide bonds. The van der Waals surface area contributed by atoms with Crippen LogP contribution in [-0.2, 0) is 0 Å². The van der Waals surface area contributed by atoms with Crippen molar-refractivity contribution in [3.8, 4) is 0 Å². The fourth-order valence-electron chi connectivity index (χ4n) is 3.48. The molecule has 1 N–H and O–H groups in total. The smallest absolute Gasteiger partial charge is 0.128 e. The second-order valence-corrected chi connectivity index (χ2v) is 5.98. The van der Waals surface area contributed by atoms with Gasteiger partial charge in [-0.1, -0.05) is 43.9 Å². The molecule has 0 heterocycles. The van der Waals surface area contributed by atoms with Crippen molar-refractivity contribution in [2.75, 3.05) is 7.05 Å². The topological polar surface area (TPSA) is 12.0 Å². The lowest BCUT2D eigenvalue weighted by Crippen LogP contribution is -2.29. The number of nitrogens with one attached hydrogen (secondary N) is 1. The molecule has 1 saturated carbocycles. The lowest BCUT2D eigenvalue weighted by Gasteiger charge is -2.34. The first-order chi connectivity index (χ1) is 9.15. The van der Waals surface area contributed by atoms with Crippen LogP contribution >= 0.6 is 0 Å². The molecule has 1 nitrogen and oxygen atoms in total. The zero-order valence-corrected chi connectivity index (χ0v) is 12.4. The van der Waals surface area contributed by atoms with Crippen LogP contribution in [-0.4, -0.2) is 7.05 Å². The molecule has 1 atom stereocenters. The Bertz CT molecular complexity index is 408. The first-order valence-electron chi connectivity index (χ1n) is 7.59. The molecule has 1 aliphatic rings. The Morgan fingerprint density at radius 1 is 1.26 bits per heavy atom. The van der Waals surface area contributed by atoms with E-state index in [0.717, 1.165) is 17.0 Å². The van der Waals surface area contributed by atoms with Crippen LogP contribution in [0.1, 0.15) is 56.2 Å². The largest absolute Gasteiger partial charge is 0.313 e. The number of aryl methyl sites for hydroxylation is 1. The van der Waals surface area contributed by atoms with Gasteiger partial charge in [-0.25, -0.2) is 4.39 Å². The van der Waals surface area contributed by atoms with Gasteiger partial charge in [0.1, 0.15) is 5.82 Å². The van der Waals surface area contributed by atoms with Crippen molar-refractivity contribution >= 4 is 0 Å². The number of hydrogen-bond donors (Lipinski definition) is 1.